The van der Waals surface area contributed by atoms with Gasteiger partial charge in [-0.05, 0) is 50.6 Å². The van der Waals surface area contributed by atoms with E-state index in [2.05, 4.69) is 30.2 Å². The quantitative estimate of drug-likeness (QED) is 0.286. The zero-order valence-electron chi connectivity index (χ0n) is 20.9. The van der Waals surface area contributed by atoms with Crippen molar-refractivity contribution < 1.29 is 23.4 Å². The van der Waals surface area contributed by atoms with Crippen LogP contribution in [-0.4, -0.2) is 50.3 Å². The molecule has 0 saturated heterocycles. The second-order valence-electron chi connectivity index (χ2n) is 8.51. The molecule has 0 aliphatic rings. The van der Waals surface area contributed by atoms with Crippen molar-refractivity contribution in [3.8, 4) is 22.3 Å². The number of ether oxygens (including phenoxy) is 3. The van der Waals surface area contributed by atoms with E-state index in [1.165, 1.54) is 24.5 Å². The third-order valence-corrected chi connectivity index (χ3v) is 6.69. The van der Waals surface area contributed by atoms with Crippen molar-refractivity contribution in [2.75, 3.05) is 12.4 Å². The average molecular weight is 535 g/mol. The number of fused-ring (bicyclic) bond motifs is 2. The van der Waals surface area contributed by atoms with Gasteiger partial charge in [-0.1, -0.05) is 11.3 Å². The number of carbonyl (C=O) groups excluding carboxylic acids is 1. The zero-order chi connectivity index (χ0) is 26.8. The molecular formula is C26H23FN6O4S. The van der Waals surface area contributed by atoms with Crippen molar-refractivity contribution in [3.05, 3.63) is 60.3 Å². The monoisotopic (exact) mass is 534 g/mol. The van der Waals surface area contributed by atoms with Crippen LogP contribution in [0.3, 0.4) is 0 Å². The number of aromatic nitrogens is 5. The molecule has 4 aromatic heterocycles. The summed E-state index contributed by atoms with van der Waals surface area (Å²) in [5.41, 5.74) is 3.97. The number of thiazole rings is 1. The van der Waals surface area contributed by atoms with E-state index in [9.17, 15) is 9.18 Å². The first kappa shape index (κ1) is 25.2. The number of amides is 1. The lowest BCUT2D eigenvalue weighted by molar-refractivity contribution is 0.0379. The van der Waals surface area contributed by atoms with Gasteiger partial charge < -0.3 is 14.2 Å². The summed E-state index contributed by atoms with van der Waals surface area (Å²) in [6.45, 7) is 5.26. The molecule has 38 heavy (non-hydrogen) atoms. The number of hydrogen-bond donors (Lipinski definition) is 1. The number of carbonyl (C=O) groups is 1. The highest BCUT2D eigenvalue weighted by molar-refractivity contribution is 7.21. The second-order valence-corrected chi connectivity index (χ2v) is 9.48. The highest BCUT2D eigenvalue weighted by Crippen LogP contribution is 2.35. The van der Waals surface area contributed by atoms with Crippen LogP contribution in [0.2, 0.25) is 0 Å². The number of halogens is 1. The summed E-state index contributed by atoms with van der Waals surface area (Å²) in [4.78, 5) is 34.5. The summed E-state index contributed by atoms with van der Waals surface area (Å²) >= 11 is 1.29. The minimum Gasteiger partial charge on any atom is -0.480 e. The molecule has 2 atom stereocenters. The van der Waals surface area contributed by atoms with Gasteiger partial charge in [0.2, 0.25) is 5.88 Å². The third kappa shape index (κ3) is 5.30. The van der Waals surface area contributed by atoms with Gasteiger partial charge in [-0.15, -0.1) is 0 Å². The first-order chi connectivity index (χ1) is 18.3. The molecule has 1 amide bonds. The molecular weight excluding hydrogens is 511 g/mol. The maximum Gasteiger partial charge on any atom is 0.412 e. The molecule has 5 aromatic rings. The Morgan fingerprint density at radius 3 is 2.61 bits per heavy atom. The molecule has 1 N–H and O–H groups in total. The number of anilines is 1. The normalized spacial score (nSPS) is 12.8. The van der Waals surface area contributed by atoms with Gasteiger partial charge >= 0.3 is 6.09 Å². The first-order valence-electron chi connectivity index (χ1n) is 11.6. The Kier molecular flexibility index (Phi) is 6.97. The van der Waals surface area contributed by atoms with Crippen molar-refractivity contribution >= 4 is 44.5 Å². The van der Waals surface area contributed by atoms with E-state index in [-0.39, 0.29) is 5.88 Å². The van der Waals surface area contributed by atoms with Crippen LogP contribution < -0.4 is 14.8 Å². The maximum absolute atomic E-state index is 14.9. The minimum atomic E-state index is -0.694. The predicted octanol–water partition coefficient (Wildman–Crippen LogP) is 5.56. The van der Waals surface area contributed by atoms with Gasteiger partial charge in [0.15, 0.2) is 5.82 Å². The van der Waals surface area contributed by atoms with Crippen molar-refractivity contribution in [1.29, 1.82) is 0 Å². The highest BCUT2D eigenvalue weighted by Gasteiger charge is 2.22. The van der Waals surface area contributed by atoms with Crippen LogP contribution in [0.5, 0.6) is 11.8 Å². The van der Waals surface area contributed by atoms with Gasteiger partial charge in [-0.3, -0.25) is 10.3 Å². The summed E-state index contributed by atoms with van der Waals surface area (Å²) in [7, 11) is 1.53. The highest BCUT2D eigenvalue weighted by atomic mass is 32.1. The van der Waals surface area contributed by atoms with Gasteiger partial charge in [-0.2, -0.15) is 4.98 Å². The molecule has 0 aliphatic carbocycles. The van der Waals surface area contributed by atoms with E-state index in [4.69, 9.17) is 14.2 Å². The largest absolute Gasteiger partial charge is 0.480 e. The molecule has 0 spiro atoms. The molecule has 0 fully saturated rings. The van der Waals surface area contributed by atoms with E-state index < -0.39 is 24.1 Å². The van der Waals surface area contributed by atoms with Crippen LogP contribution in [0.1, 0.15) is 19.4 Å². The fourth-order valence-corrected chi connectivity index (χ4v) is 4.58. The van der Waals surface area contributed by atoms with Crippen LogP contribution in [0.25, 0.3) is 32.0 Å². The molecule has 10 nitrogen and oxygen atoms in total. The number of nitrogens with one attached hydrogen (secondary N) is 1. The Balaban J connectivity index is 1.36. The first-order valence-corrected chi connectivity index (χ1v) is 12.5. The Labute approximate surface area is 220 Å². The van der Waals surface area contributed by atoms with E-state index in [1.807, 2.05) is 19.1 Å². The summed E-state index contributed by atoms with van der Waals surface area (Å²) in [5.74, 6) is -0.469. The summed E-state index contributed by atoms with van der Waals surface area (Å²) in [6, 6.07) is 8.40. The topological polar surface area (TPSA) is 121 Å². The zero-order valence-corrected chi connectivity index (χ0v) is 21.7. The van der Waals surface area contributed by atoms with Crippen molar-refractivity contribution in [2.24, 2.45) is 0 Å². The number of hydrogen-bond acceptors (Lipinski definition) is 10. The van der Waals surface area contributed by atoms with Crippen LogP contribution in [0.15, 0.2) is 48.9 Å². The number of aryl methyl sites for hydroxylation is 1. The lowest BCUT2D eigenvalue weighted by Crippen LogP contribution is -2.33. The van der Waals surface area contributed by atoms with E-state index in [0.29, 0.717) is 38.0 Å². The summed E-state index contributed by atoms with van der Waals surface area (Å²) in [5, 5.41) is 3.22. The molecule has 0 bridgehead atoms. The van der Waals surface area contributed by atoms with Gasteiger partial charge in [0.1, 0.15) is 27.6 Å². The van der Waals surface area contributed by atoms with Crippen LogP contribution in [-0.2, 0) is 4.74 Å². The number of rotatable bonds is 7. The Morgan fingerprint density at radius 2 is 1.84 bits per heavy atom. The molecule has 194 valence electrons. The van der Waals surface area contributed by atoms with Gasteiger partial charge in [0.25, 0.3) is 5.88 Å². The fraction of sp³-hybridized carbons (Fsp3) is 0.231. The molecule has 2 unspecified atom stereocenters. The number of nitrogens with zero attached hydrogens (tertiary/aromatic N) is 5. The molecule has 12 heteroatoms. The smallest absolute Gasteiger partial charge is 0.412 e. The Morgan fingerprint density at radius 1 is 1.05 bits per heavy atom. The van der Waals surface area contributed by atoms with Crippen LogP contribution in [0, 0.1) is 12.7 Å². The standard InChI is InChI=1S/C26H23FN6O4S/c1-13-9-17(22-19(10-13)31-21(35-4)12-29-22)24-32-20-11-18(27)23(33-25(20)38-24)36-14(2)15(3)37-26(34)30-16-5-7-28-8-6-16/h5-12,14-15H,1-4H3,(H,28,30,34). The predicted molar refractivity (Wildman–Crippen MR) is 141 cm³/mol. The van der Waals surface area contributed by atoms with E-state index >= 15 is 0 Å². The van der Waals surface area contributed by atoms with Gasteiger partial charge in [0, 0.05) is 29.7 Å². The fourth-order valence-electron chi connectivity index (χ4n) is 3.65. The van der Waals surface area contributed by atoms with E-state index in [1.54, 1.807) is 44.6 Å². The van der Waals surface area contributed by atoms with E-state index in [0.717, 1.165) is 11.1 Å². The molecule has 0 aliphatic heterocycles. The summed E-state index contributed by atoms with van der Waals surface area (Å²) in [6.07, 6.45) is 2.59. The SMILES string of the molecule is COc1cnc2c(-c3nc4cc(F)c(OC(C)C(C)OC(=O)Nc5ccncc5)nc4s3)cc(C)cc2n1. The van der Waals surface area contributed by atoms with Crippen LogP contribution in [0.4, 0.5) is 14.9 Å². The van der Waals surface area contributed by atoms with Gasteiger partial charge in [0.05, 0.1) is 24.3 Å². The third-order valence-electron chi connectivity index (χ3n) is 5.69. The molecule has 1 aromatic carbocycles. The summed E-state index contributed by atoms with van der Waals surface area (Å²) < 4.78 is 31.2. The lowest BCUT2D eigenvalue weighted by Gasteiger charge is -2.21. The second kappa shape index (κ2) is 10.5. The van der Waals surface area contributed by atoms with Crippen LogP contribution >= 0.6 is 11.3 Å². The van der Waals surface area contributed by atoms with Crippen molar-refractivity contribution in [1.82, 2.24) is 24.9 Å². The Bertz CT molecular complexity index is 1630. The minimum absolute atomic E-state index is 0.205. The lowest BCUT2D eigenvalue weighted by atomic mass is 10.1. The number of pyridine rings is 2. The van der Waals surface area contributed by atoms with Crippen molar-refractivity contribution in [2.45, 2.75) is 33.0 Å². The average Bonchev–Trinajstić information content (AvgIpc) is 3.30. The number of methoxy groups -OCH3 is 1. The molecule has 0 radical (unpaired) electrons. The molecule has 4 heterocycles. The van der Waals surface area contributed by atoms with Crippen molar-refractivity contribution in [3.63, 3.8) is 0 Å². The number of benzene rings is 1. The Hall–Kier alpha value is -4.45. The molecule has 5 rings (SSSR count). The molecule has 0 saturated carbocycles. The van der Waals surface area contributed by atoms with Gasteiger partial charge in [-0.25, -0.2) is 24.1 Å². The maximum atomic E-state index is 14.9.